The van der Waals surface area contributed by atoms with Gasteiger partial charge in [0.05, 0.1) is 7.11 Å². The van der Waals surface area contributed by atoms with Crippen LogP contribution in [0.15, 0.2) is 54.7 Å². The molecular formula is C24H26N4O4. The summed E-state index contributed by atoms with van der Waals surface area (Å²) >= 11 is 0. The molecule has 1 saturated heterocycles. The molecule has 32 heavy (non-hydrogen) atoms. The average molecular weight is 434 g/mol. The quantitative estimate of drug-likeness (QED) is 0.533. The van der Waals surface area contributed by atoms with Crippen molar-refractivity contribution in [3.05, 3.63) is 60.3 Å². The first-order valence-electron chi connectivity index (χ1n) is 10.5. The van der Waals surface area contributed by atoms with Gasteiger partial charge in [-0.05, 0) is 54.1 Å². The second kappa shape index (κ2) is 9.13. The van der Waals surface area contributed by atoms with Crippen molar-refractivity contribution in [3.8, 4) is 5.75 Å². The van der Waals surface area contributed by atoms with Gasteiger partial charge in [-0.15, -0.1) is 0 Å². The van der Waals surface area contributed by atoms with E-state index >= 15 is 0 Å². The molecule has 0 aliphatic carbocycles. The van der Waals surface area contributed by atoms with Crippen LogP contribution in [0.2, 0.25) is 0 Å². The number of rotatable bonds is 8. The van der Waals surface area contributed by atoms with Crippen LogP contribution in [0, 0.1) is 0 Å². The minimum Gasteiger partial charge on any atom is -0.497 e. The standard InChI is InChI=1S/C24H26N4O4/c1-27-13-12-17-5-6-18(15-21(17)27)25-22(29)10-9-20-23(30)28(24(31)26-20)14-11-16-3-7-19(32-2)8-4-16/h3-8,12-13,15,20H,9-11,14H2,1-2H3,(H,25,29)(H,26,31)/t20-/m1/s1. The summed E-state index contributed by atoms with van der Waals surface area (Å²) in [6, 6.07) is 14.1. The third kappa shape index (κ3) is 4.59. The monoisotopic (exact) mass is 434 g/mol. The smallest absolute Gasteiger partial charge is 0.324 e. The van der Waals surface area contributed by atoms with Gasteiger partial charge in [-0.25, -0.2) is 4.79 Å². The van der Waals surface area contributed by atoms with Gasteiger partial charge in [-0.1, -0.05) is 18.2 Å². The highest BCUT2D eigenvalue weighted by Crippen LogP contribution is 2.20. The van der Waals surface area contributed by atoms with Crippen LogP contribution in [0.5, 0.6) is 5.75 Å². The molecule has 2 N–H and O–H groups in total. The Morgan fingerprint density at radius 2 is 1.91 bits per heavy atom. The highest BCUT2D eigenvalue weighted by atomic mass is 16.5. The number of imide groups is 1. The summed E-state index contributed by atoms with van der Waals surface area (Å²) in [7, 11) is 3.55. The van der Waals surface area contributed by atoms with E-state index in [1.807, 2.05) is 66.3 Å². The molecule has 1 aliphatic heterocycles. The first-order valence-corrected chi connectivity index (χ1v) is 10.5. The van der Waals surface area contributed by atoms with E-state index in [9.17, 15) is 14.4 Å². The second-order valence-electron chi connectivity index (χ2n) is 7.88. The minimum atomic E-state index is -0.681. The van der Waals surface area contributed by atoms with Gasteiger partial charge < -0.3 is 19.9 Å². The van der Waals surface area contributed by atoms with Gasteiger partial charge in [-0.2, -0.15) is 0 Å². The SMILES string of the molecule is COc1ccc(CCN2C(=O)N[C@H](CCC(=O)Nc3ccc4ccn(C)c4c3)C2=O)cc1. The van der Waals surface area contributed by atoms with Gasteiger partial charge in [-0.3, -0.25) is 14.5 Å². The maximum Gasteiger partial charge on any atom is 0.324 e. The largest absolute Gasteiger partial charge is 0.497 e. The van der Waals surface area contributed by atoms with E-state index in [4.69, 9.17) is 4.74 Å². The number of urea groups is 1. The van der Waals surface area contributed by atoms with Crippen LogP contribution >= 0.6 is 0 Å². The number of anilines is 1. The summed E-state index contributed by atoms with van der Waals surface area (Å²) in [6.45, 7) is 0.288. The summed E-state index contributed by atoms with van der Waals surface area (Å²) in [5, 5.41) is 6.65. The Bertz CT molecular complexity index is 1150. The molecule has 1 fully saturated rings. The van der Waals surface area contributed by atoms with Crippen molar-refractivity contribution in [1.29, 1.82) is 0 Å². The maximum atomic E-state index is 12.7. The summed E-state index contributed by atoms with van der Waals surface area (Å²) in [6.07, 6.45) is 2.90. The highest BCUT2D eigenvalue weighted by Gasteiger charge is 2.37. The number of hydrogen-bond acceptors (Lipinski definition) is 4. The highest BCUT2D eigenvalue weighted by molar-refractivity contribution is 6.04. The molecule has 0 radical (unpaired) electrons. The number of carbonyl (C=O) groups excluding carboxylic acids is 3. The van der Waals surface area contributed by atoms with E-state index in [2.05, 4.69) is 10.6 Å². The summed E-state index contributed by atoms with van der Waals surface area (Å²) in [5.41, 5.74) is 2.73. The fourth-order valence-electron chi connectivity index (χ4n) is 3.86. The van der Waals surface area contributed by atoms with E-state index in [-0.39, 0.29) is 31.2 Å². The molecule has 0 bridgehead atoms. The second-order valence-corrected chi connectivity index (χ2v) is 7.88. The molecule has 0 saturated carbocycles. The lowest BCUT2D eigenvalue weighted by atomic mass is 10.1. The van der Waals surface area contributed by atoms with Crippen molar-refractivity contribution < 1.29 is 19.1 Å². The predicted octanol–water partition coefficient (Wildman–Crippen LogP) is 3.07. The zero-order valence-electron chi connectivity index (χ0n) is 18.1. The molecule has 3 aromatic rings. The van der Waals surface area contributed by atoms with Gasteiger partial charge in [0.2, 0.25) is 5.91 Å². The summed E-state index contributed by atoms with van der Waals surface area (Å²) in [5.74, 6) is 0.268. The van der Waals surface area contributed by atoms with Gasteiger partial charge in [0.25, 0.3) is 5.91 Å². The van der Waals surface area contributed by atoms with E-state index in [0.29, 0.717) is 12.1 Å². The van der Waals surface area contributed by atoms with Crippen molar-refractivity contribution in [3.63, 3.8) is 0 Å². The number of ether oxygens (including phenoxy) is 1. The van der Waals surface area contributed by atoms with E-state index in [0.717, 1.165) is 22.2 Å². The topological polar surface area (TPSA) is 92.7 Å². The Morgan fingerprint density at radius 1 is 1.12 bits per heavy atom. The van der Waals surface area contributed by atoms with Gasteiger partial charge in [0.15, 0.2) is 0 Å². The lowest BCUT2D eigenvalue weighted by Gasteiger charge is -2.13. The minimum absolute atomic E-state index is 0.133. The molecule has 166 valence electrons. The van der Waals surface area contributed by atoms with Crippen LogP contribution < -0.4 is 15.4 Å². The summed E-state index contributed by atoms with van der Waals surface area (Å²) < 4.78 is 7.12. The van der Waals surface area contributed by atoms with E-state index in [1.54, 1.807) is 7.11 Å². The zero-order valence-corrected chi connectivity index (χ0v) is 18.1. The molecule has 2 aromatic carbocycles. The van der Waals surface area contributed by atoms with E-state index < -0.39 is 12.1 Å². The first-order chi connectivity index (χ1) is 15.4. The number of amides is 4. The van der Waals surface area contributed by atoms with Crippen molar-refractivity contribution in [2.45, 2.75) is 25.3 Å². The third-order valence-corrected chi connectivity index (χ3v) is 5.72. The molecule has 8 heteroatoms. The van der Waals surface area contributed by atoms with Crippen LogP contribution in [-0.2, 0) is 23.1 Å². The van der Waals surface area contributed by atoms with Gasteiger partial charge in [0.1, 0.15) is 11.8 Å². The van der Waals surface area contributed by atoms with Crippen LogP contribution in [0.4, 0.5) is 10.5 Å². The maximum absolute atomic E-state index is 12.7. The third-order valence-electron chi connectivity index (χ3n) is 5.72. The molecule has 4 rings (SSSR count). The fourth-order valence-corrected chi connectivity index (χ4v) is 3.86. The molecular weight excluding hydrogens is 408 g/mol. The van der Waals surface area contributed by atoms with Gasteiger partial charge >= 0.3 is 6.03 Å². The lowest BCUT2D eigenvalue weighted by Crippen LogP contribution is -2.33. The Labute approximate surface area is 186 Å². The zero-order chi connectivity index (χ0) is 22.7. The number of benzene rings is 2. The number of hydrogen-bond donors (Lipinski definition) is 2. The molecule has 8 nitrogen and oxygen atoms in total. The molecule has 1 atom stereocenters. The molecule has 1 aromatic heterocycles. The van der Waals surface area contributed by atoms with Gasteiger partial charge in [0, 0.05) is 37.4 Å². The molecule has 0 spiro atoms. The number of aromatic nitrogens is 1. The Hall–Kier alpha value is -3.81. The molecule has 2 heterocycles. The lowest BCUT2D eigenvalue weighted by molar-refractivity contribution is -0.127. The number of nitrogens with one attached hydrogen (secondary N) is 2. The first kappa shape index (κ1) is 21.4. The number of methoxy groups -OCH3 is 1. The Kier molecular flexibility index (Phi) is 6.11. The normalized spacial score (nSPS) is 15.8. The number of nitrogens with zero attached hydrogens (tertiary/aromatic N) is 2. The Balaban J connectivity index is 1.28. The van der Waals surface area contributed by atoms with E-state index in [1.165, 1.54) is 4.90 Å². The number of fused-ring (bicyclic) bond motifs is 1. The predicted molar refractivity (Wildman–Crippen MR) is 122 cm³/mol. The summed E-state index contributed by atoms with van der Waals surface area (Å²) in [4.78, 5) is 38.5. The molecule has 4 amide bonds. The van der Waals surface area contributed by atoms with Crippen LogP contribution in [-0.4, -0.2) is 47.0 Å². The Morgan fingerprint density at radius 3 is 2.66 bits per heavy atom. The van der Waals surface area contributed by atoms with Crippen LogP contribution in [0.25, 0.3) is 10.9 Å². The van der Waals surface area contributed by atoms with Crippen molar-refractivity contribution in [1.82, 2.24) is 14.8 Å². The van der Waals surface area contributed by atoms with Crippen LogP contribution in [0.3, 0.4) is 0 Å². The number of carbonyl (C=O) groups is 3. The van der Waals surface area contributed by atoms with Crippen molar-refractivity contribution in [2.75, 3.05) is 19.0 Å². The fraction of sp³-hybridized carbons (Fsp3) is 0.292. The molecule has 0 unspecified atom stereocenters. The van der Waals surface area contributed by atoms with Crippen LogP contribution in [0.1, 0.15) is 18.4 Å². The average Bonchev–Trinajstić information content (AvgIpc) is 3.29. The van der Waals surface area contributed by atoms with Crippen molar-refractivity contribution in [2.24, 2.45) is 7.05 Å². The molecule has 1 aliphatic rings. The number of aryl methyl sites for hydroxylation is 1. The van der Waals surface area contributed by atoms with Crippen molar-refractivity contribution >= 4 is 34.4 Å².